The largest absolute Gasteiger partial charge is 0.507 e. The topological polar surface area (TPSA) is 87.2 Å². The third-order valence-electron chi connectivity index (χ3n) is 5.08. The van der Waals surface area contributed by atoms with Crippen molar-refractivity contribution in [3.8, 4) is 16.9 Å². The van der Waals surface area contributed by atoms with Crippen LogP contribution in [0.2, 0.25) is 0 Å². The molecular formula is C23H26N2O2. The average Bonchev–Trinajstić information content (AvgIpc) is 2.67. The molecule has 4 N–H and O–H groups in total. The molecule has 0 radical (unpaired) electrons. The molecule has 0 saturated heterocycles. The summed E-state index contributed by atoms with van der Waals surface area (Å²) in [5.74, 6) is -0.340. The number of carbonyl (C=O) groups is 1. The van der Waals surface area contributed by atoms with Crippen LogP contribution in [0, 0.1) is 5.41 Å². The molecule has 3 rings (SSSR count). The van der Waals surface area contributed by atoms with Crippen molar-refractivity contribution < 1.29 is 9.90 Å². The fraction of sp³-hybridized carbons (Fsp3) is 0.304. The number of nitrogens with two attached hydrogens (primary N) is 1. The summed E-state index contributed by atoms with van der Waals surface area (Å²) in [6, 6.07) is 9.69. The van der Waals surface area contributed by atoms with Crippen molar-refractivity contribution >= 4 is 17.2 Å². The van der Waals surface area contributed by atoms with Crippen molar-refractivity contribution in [3.63, 3.8) is 0 Å². The van der Waals surface area contributed by atoms with E-state index in [1.54, 1.807) is 6.07 Å². The van der Waals surface area contributed by atoms with E-state index in [9.17, 15) is 9.90 Å². The number of hydrogen-bond donors (Lipinski definition) is 3. The van der Waals surface area contributed by atoms with Crippen LogP contribution < -0.4 is 5.73 Å². The smallest absolute Gasteiger partial charge is 0.188 e. The summed E-state index contributed by atoms with van der Waals surface area (Å²) >= 11 is 0. The van der Waals surface area contributed by atoms with Gasteiger partial charge in [-0.1, -0.05) is 56.9 Å². The zero-order chi connectivity index (χ0) is 19.4. The molecule has 27 heavy (non-hydrogen) atoms. The summed E-state index contributed by atoms with van der Waals surface area (Å²) in [6.45, 7) is 2.22. The van der Waals surface area contributed by atoms with E-state index in [-0.39, 0.29) is 34.1 Å². The number of rotatable bonds is 7. The van der Waals surface area contributed by atoms with Crippen LogP contribution in [0.15, 0.2) is 42.5 Å². The molecule has 0 amide bonds. The molecule has 0 spiro atoms. The minimum Gasteiger partial charge on any atom is -0.507 e. The number of phenolic OH excluding ortho intramolecular Hbond substituents is 1. The Morgan fingerprint density at radius 3 is 2.41 bits per heavy atom. The molecule has 0 heterocycles. The van der Waals surface area contributed by atoms with Crippen molar-refractivity contribution in [2.45, 2.75) is 45.4 Å². The molecule has 0 fully saturated rings. The van der Waals surface area contributed by atoms with Crippen LogP contribution in [-0.4, -0.2) is 16.6 Å². The minimum atomic E-state index is -0.279. The number of aromatic hydroxyl groups is 1. The van der Waals surface area contributed by atoms with Crippen molar-refractivity contribution in [1.82, 2.24) is 0 Å². The highest BCUT2D eigenvalue weighted by Crippen LogP contribution is 2.39. The first kappa shape index (κ1) is 18.9. The van der Waals surface area contributed by atoms with E-state index < -0.39 is 0 Å². The van der Waals surface area contributed by atoms with Crippen molar-refractivity contribution in [3.05, 3.63) is 59.2 Å². The van der Waals surface area contributed by atoms with Gasteiger partial charge in [0.05, 0.1) is 16.8 Å². The van der Waals surface area contributed by atoms with Gasteiger partial charge in [-0.2, -0.15) is 0 Å². The molecule has 0 saturated carbocycles. The number of nitrogens with one attached hydrogen (secondary N) is 1. The molecule has 0 atom stereocenters. The fourth-order valence-corrected chi connectivity index (χ4v) is 3.55. The molecule has 4 nitrogen and oxygen atoms in total. The first-order valence-corrected chi connectivity index (χ1v) is 9.59. The number of fused-ring (bicyclic) bond motifs is 1. The van der Waals surface area contributed by atoms with Crippen LogP contribution in [0.5, 0.6) is 5.75 Å². The Balaban J connectivity index is 1.83. The lowest BCUT2D eigenvalue weighted by atomic mass is 9.88. The lowest BCUT2D eigenvalue weighted by Crippen LogP contribution is -2.15. The molecule has 0 aliphatic heterocycles. The maximum absolute atomic E-state index is 12.1. The monoisotopic (exact) mass is 362 g/mol. The third-order valence-corrected chi connectivity index (χ3v) is 5.08. The number of phenols is 1. The van der Waals surface area contributed by atoms with Crippen LogP contribution in [0.4, 0.5) is 5.69 Å². The summed E-state index contributed by atoms with van der Waals surface area (Å²) in [6.07, 6.45) is 10.0. The Hall–Kier alpha value is -2.88. The van der Waals surface area contributed by atoms with Gasteiger partial charge in [0.1, 0.15) is 5.75 Å². The van der Waals surface area contributed by atoms with Gasteiger partial charge in [-0.25, -0.2) is 0 Å². The Labute approximate surface area is 160 Å². The number of benzene rings is 2. The highest BCUT2D eigenvalue weighted by molar-refractivity contribution is 6.26. The molecular weight excluding hydrogens is 336 g/mol. The van der Waals surface area contributed by atoms with Crippen LogP contribution in [0.1, 0.15) is 60.5 Å². The summed E-state index contributed by atoms with van der Waals surface area (Å²) in [4.78, 5) is 12.1. The lowest BCUT2D eigenvalue weighted by molar-refractivity contribution is 0.104. The van der Waals surface area contributed by atoms with Gasteiger partial charge in [0.2, 0.25) is 0 Å². The number of unbranched alkanes of at least 4 members (excludes halogenated alkanes) is 4. The number of aryl methyl sites for hydroxylation is 1. The number of nitrogen functional groups attached to an aromatic ring is 1. The molecule has 1 aliphatic carbocycles. The maximum atomic E-state index is 12.1. The van der Waals surface area contributed by atoms with Gasteiger partial charge >= 0.3 is 0 Å². The number of allylic oxidation sites excluding steroid dienone is 2. The molecule has 2 aromatic carbocycles. The summed E-state index contributed by atoms with van der Waals surface area (Å²) in [7, 11) is 0. The van der Waals surface area contributed by atoms with Crippen molar-refractivity contribution in [1.29, 1.82) is 5.41 Å². The van der Waals surface area contributed by atoms with E-state index in [0.29, 0.717) is 5.56 Å². The van der Waals surface area contributed by atoms with E-state index in [1.165, 1.54) is 49.8 Å². The second kappa shape index (κ2) is 8.21. The SMILES string of the molecule is CCCCCCCc1ccc(-c2cc(N)c3c(c2O)C(=N)C=CC3=O)cc1. The zero-order valence-electron chi connectivity index (χ0n) is 15.7. The minimum absolute atomic E-state index is 0.0609. The highest BCUT2D eigenvalue weighted by atomic mass is 16.3. The van der Waals surface area contributed by atoms with Crippen LogP contribution in [0.25, 0.3) is 11.1 Å². The Kier molecular flexibility index (Phi) is 5.75. The van der Waals surface area contributed by atoms with Crippen molar-refractivity contribution in [2.75, 3.05) is 5.73 Å². The molecule has 0 bridgehead atoms. The molecule has 1 aliphatic rings. The molecule has 2 aromatic rings. The van der Waals surface area contributed by atoms with Crippen molar-refractivity contribution in [2.24, 2.45) is 0 Å². The third kappa shape index (κ3) is 3.95. The average molecular weight is 362 g/mol. The van der Waals surface area contributed by atoms with Crippen LogP contribution in [-0.2, 0) is 6.42 Å². The van der Waals surface area contributed by atoms with Gasteiger partial charge in [0.25, 0.3) is 0 Å². The van der Waals surface area contributed by atoms with E-state index in [1.807, 2.05) is 12.1 Å². The van der Waals surface area contributed by atoms with E-state index in [2.05, 4.69) is 19.1 Å². The second-order valence-electron chi connectivity index (χ2n) is 7.08. The highest BCUT2D eigenvalue weighted by Gasteiger charge is 2.25. The molecule has 0 aromatic heterocycles. The second-order valence-corrected chi connectivity index (χ2v) is 7.08. The normalized spacial score (nSPS) is 13.1. The van der Waals surface area contributed by atoms with Gasteiger partial charge in [-0.15, -0.1) is 0 Å². The fourth-order valence-electron chi connectivity index (χ4n) is 3.55. The maximum Gasteiger partial charge on any atom is 0.188 e. The summed E-state index contributed by atoms with van der Waals surface area (Å²) in [5, 5.41) is 18.8. The number of ketones is 1. The van der Waals surface area contributed by atoms with E-state index >= 15 is 0 Å². The van der Waals surface area contributed by atoms with Crippen LogP contribution >= 0.6 is 0 Å². The zero-order valence-corrected chi connectivity index (χ0v) is 15.7. The summed E-state index contributed by atoms with van der Waals surface area (Å²) in [5.41, 5.74) is 9.54. The lowest BCUT2D eigenvalue weighted by Gasteiger charge is -2.18. The van der Waals surface area contributed by atoms with Gasteiger partial charge in [0.15, 0.2) is 5.78 Å². The van der Waals surface area contributed by atoms with Crippen LogP contribution in [0.3, 0.4) is 0 Å². The Morgan fingerprint density at radius 2 is 1.70 bits per heavy atom. The predicted molar refractivity (Wildman–Crippen MR) is 111 cm³/mol. The quantitative estimate of drug-likeness (QED) is 0.356. The first-order chi connectivity index (χ1) is 13.0. The van der Waals surface area contributed by atoms with E-state index in [4.69, 9.17) is 11.1 Å². The van der Waals surface area contributed by atoms with Gasteiger partial charge in [-0.05, 0) is 42.2 Å². The van der Waals surface area contributed by atoms with Gasteiger partial charge in [0, 0.05) is 11.3 Å². The predicted octanol–water partition coefficient (Wildman–Crippen LogP) is 5.27. The van der Waals surface area contributed by atoms with Gasteiger partial charge in [-0.3, -0.25) is 4.79 Å². The Morgan fingerprint density at radius 1 is 1.00 bits per heavy atom. The summed E-state index contributed by atoms with van der Waals surface area (Å²) < 4.78 is 0. The molecule has 140 valence electrons. The molecule has 4 heteroatoms. The van der Waals surface area contributed by atoms with Gasteiger partial charge < -0.3 is 16.2 Å². The Bertz CT molecular complexity index is 896. The number of carbonyl (C=O) groups excluding carboxylic acids is 1. The molecule has 0 unspecified atom stereocenters. The standard InChI is InChI=1S/C23H26N2O2/c1-2-3-4-5-6-7-15-8-10-16(11-9-15)17-14-19(25)21-20(26)13-12-18(24)22(21)23(17)27/h8-14,24,27H,2-7,25H2,1H3. The number of anilines is 1. The number of hydrogen-bond acceptors (Lipinski definition) is 4. The first-order valence-electron chi connectivity index (χ1n) is 9.59. The van der Waals surface area contributed by atoms with E-state index in [0.717, 1.165) is 12.0 Å².